The lowest BCUT2D eigenvalue weighted by molar-refractivity contribution is -0.142. The van der Waals surface area contributed by atoms with E-state index < -0.39 is 11.9 Å². The molecule has 1 N–H and O–H groups in total. The van der Waals surface area contributed by atoms with E-state index in [1.807, 2.05) is 5.38 Å². The van der Waals surface area contributed by atoms with Gasteiger partial charge in [0.05, 0.1) is 18.0 Å². The van der Waals surface area contributed by atoms with Gasteiger partial charge in [0.1, 0.15) is 5.01 Å². The van der Waals surface area contributed by atoms with Crippen LogP contribution in [0.5, 0.6) is 0 Å². The number of thiazole rings is 1. The van der Waals surface area contributed by atoms with Gasteiger partial charge in [0.2, 0.25) is 5.91 Å². The third kappa shape index (κ3) is 3.90. The molecule has 2 atom stereocenters. The van der Waals surface area contributed by atoms with Gasteiger partial charge in [0, 0.05) is 24.0 Å². The highest BCUT2D eigenvalue weighted by molar-refractivity contribution is 7.13. The Bertz CT molecular complexity index is 841. The topological polar surface area (TPSA) is 70.5 Å². The van der Waals surface area contributed by atoms with E-state index in [0.717, 1.165) is 35.5 Å². The molecule has 2 aromatic rings. The third-order valence-corrected chi connectivity index (χ3v) is 6.70. The quantitative estimate of drug-likeness (QED) is 0.828. The zero-order valence-corrected chi connectivity index (χ0v) is 16.2. The average molecular weight is 385 g/mol. The Hall–Kier alpha value is -2.21. The molecule has 0 bridgehead atoms. The molecular weight excluding hydrogens is 360 g/mol. The summed E-state index contributed by atoms with van der Waals surface area (Å²) in [7, 11) is 0. The van der Waals surface area contributed by atoms with E-state index in [4.69, 9.17) is 0 Å². The molecule has 1 aromatic carbocycles. The van der Waals surface area contributed by atoms with Crippen molar-refractivity contribution in [1.29, 1.82) is 0 Å². The van der Waals surface area contributed by atoms with E-state index in [-0.39, 0.29) is 18.2 Å². The van der Waals surface area contributed by atoms with Crippen LogP contribution in [0.3, 0.4) is 0 Å². The Morgan fingerprint density at radius 2 is 1.96 bits per heavy atom. The van der Waals surface area contributed by atoms with Crippen LogP contribution in [0.4, 0.5) is 0 Å². The van der Waals surface area contributed by atoms with Crippen molar-refractivity contribution in [3.8, 4) is 10.6 Å². The lowest BCUT2D eigenvalue weighted by Gasteiger charge is -2.15. The van der Waals surface area contributed by atoms with Crippen molar-refractivity contribution >= 4 is 23.2 Å². The molecule has 5 nitrogen and oxygen atoms in total. The van der Waals surface area contributed by atoms with Gasteiger partial charge >= 0.3 is 5.97 Å². The minimum absolute atomic E-state index is 0.0115. The number of hydrogen-bond acceptors (Lipinski definition) is 4. The molecule has 1 aromatic heterocycles. The molecule has 0 radical (unpaired) electrons. The molecule has 1 amide bonds. The van der Waals surface area contributed by atoms with Crippen molar-refractivity contribution in [3.05, 3.63) is 40.9 Å². The van der Waals surface area contributed by atoms with Crippen molar-refractivity contribution in [2.24, 2.45) is 17.8 Å². The second-order valence-electron chi connectivity index (χ2n) is 7.62. The number of carboxylic acids is 1. The molecule has 142 valence electrons. The van der Waals surface area contributed by atoms with Crippen molar-refractivity contribution in [2.45, 2.75) is 32.6 Å². The second-order valence-corrected chi connectivity index (χ2v) is 8.47. The summed E-state index contributed by atoms with van der Waals surface area (Å²) in [4.78, 5) is 30.6. The number of nitrogens with zero attached hydrogens (tertiary/aromatic N) is 2. The van der Waals surface area contributed by atoms with Crippen molar-refractivity contribution < 1.29 is 14.7 Å². The van der Waals surface area contributed by atoms with E-state index in [1.165, 1.54) is 5.56 Å². The summed E-state index contributed by atoms with van der Waals surface area (Å²) in [6, 6.07) is 8.36. The molecule has 1 aliphatic carbocycles. The van der Waals surface area contributed by atoms with Crippen LogP contribution in [0.1, 0.15) is 31.0 Å². The van der Waals surface area contributed by atoms with Crippen LogP contribution in [0.15, 0.2) is 29.6 Å². The fraction of sp³-hybridized carbons (Fsp3) is 0.476. The van der Waals surface area contributed by atoms with Gasteiger partial charge in [-0.05, 0) is 36.7 Å². The van der Waals surface area contributed by atoms with Crippen LogP contribution in [0.25, 0.3) is 10.6 Å². The number of aromatic nitrogens is 1. The monoisotopic (exact) mass is 384 g/mol. The van der Waals surface area contributed by atoms with Gasteiger partial charge in [-0.25, -0.2) is 4.98 Å². The van der Waals surface area contributed by atoms with Gasteiger partial charge in [0.15, 0.2) is 0 Å². The van der Waals surface area contributed by atoms with Crippen LogP contribution in [-0.4, -0.2) is 40.0 Å². The number of benzene rings is 1. The highest BCUT2D eigenvalue weighted by Gasteiger charge is 2.46. The first-order valence-corrected chi connectivity index (χ1v) is 10.5. The minimum atomic E-state index is -0.770. The van der Waals surface area contributed by atoms with Crippen LogP contribution >= 0.6 is 11.3 Å². The van der Waals surface area contributed by atoms with E-state index in [9.17, 15) is 14.7 Å². The predicted molar refractivity (Wildman–Crippen MR) is 105 cm³/mol. The van der Waals surface area contributed by atoms with Crippen molar-refractivity contribution in [3.63, 3.8) is 0 Å². The molecule has 1 saturated carbocycles. The average Bonchev–Trinajstić information content (AvgIpc) is 3.24. The van der Waals surface area contributed by atoms with Gasteiger partial charge in [-0.2, -0.15) is 0 Å². The normalized spacial score (nSPS) is 22.2. The smallest absolute Gasteiger partial charge is 0.308 e. The van der Waals surface area contributed by atoms with Crippen LogP contribution in [0.2, 0.25) is 0 Å². The Kier molecular flexibility index (Phi) is 5.00. The number of amides is 1. The highest BCUT2D eigenvalue weighted by atomic mass is 32.1. The number of aliphatic carboxylic acids is 1. The number of rotatable bonds is 6. The lowest BCUT2D eigenvalue weighted by Crippen LogP contribution is -2.31. The molecule has 6 heteroatoms. The predicted octanol–water partition coefficient (Wildman–Crippen LogP) is 3.48. The van der Waals surface area contributed by atoms with Gasteiger partial charge in [-0.15, -0.1) is 11.3 Å². The summed E-state index contributed by atoms with van der Waals surface area (Å²) in [5, 5.41) is 12.3. The summed E-state index contributed by atoms with van der Waals surface area (Å²) in [6.07, 6.45) is 3.45. The van der Waals surface area contributed by atoms with Crippen molar-refractivity contribution in [1.82, 2.24) is 9.88 Å². The van der Waals surface area contributed by atoms with E-state index >= 15 is 0 Å². The van der Waals surface area contributed by atoms with Gasteiger partial charge in [-0.3, -0.25) is 9.59 Å². The first kappa shape index (κ1) is 18.2. The molecular formula is C21H24N2O3S. The Morgan fingerprint density at radius 3 is 2.59 bits per heavy atom. The first-order valence-electron chi connectivity index (χ1n) is 9.59. The van der Waals surface area contributed by atoms with E-state index in [2.05, 4.69) is 36.2 Å². The molecule has 1 aliphatic heterocycles. The fourth-order valence-electron chi connectivity index (χ4n) is 3.97. The zero-order chi connectivity index (χ0) is 19.0. The van der Waals surface area contributed by atoms with Crippen molar-refractivity contribution in [2.75, 3.05) is 13.1 Å². The summed E-state index contributed by atoms with van der Waals surface area (Å²) in [5.74, 6) is -0.587. The fourth-order valence-corrected chi connectivity index (χ4v) is 4.79. The zero-order valence-electron chi connectivity index (χ0n) is 15.4. The Morgan fingerprint density at radius 1 is 1.22 bits per heavy atom. The maximum Gasteiger partial charge on any atom is 0.308 e. The number of carboxylic acid groups (broad SMARTS) is 1. The van der Waals surface area contributed by atoms with Gasteiger partial charge < -0.3 is 10.0 Å². The lowest BCUT2D eigenvalue weighted by atomic mass is 9.92. The summed E-state index contributed by atoms with van der Waals surface area (Å²) < 4.78 is 0. The number of carbonyl (C=O) groups is 2. The van der Waals surface area contributed by atoms with Gasteiger partial charge in [-0.1, -0.05) is 31.2 Å². The third-order valence-electron chi connectivity index (χ3n) is 5.76. The van der Waals surface area contributed by atoms with E-state index in [0.29, 0.717) is 19.0 Å². The molecule has 2 aliphatic rings. The molecule has 2 heterocycles. The SMILES string of the molecule is CCc1ccc(-c2nc(CC(=O)N3C[C@H](C(=O)O)[C@@H](C4CC4)C3)cs2)cc1. The maximum absolute atomic E-state index is 12.7. The van der Waals surface area contributed by atoms with Crippen LogP contribution < -0.4 is 0 Å². The summed E-state index contributed by atoms with van der Waals surface area (Å²) in [5.41, 5.74) is 3.12. The maximum atomic E-state index is 12.7. The number of likely N-dealkylation sites (tertiary alicyclic amines) is 1. The molecule has 2 fully saturated rings. The number of hydrogen-bond donors (Lipinski definition) is 1. The largest absolute Gasteiger partial charge is 0.481 e. The summed E-state index contributed by atoms with van der Waals surface area (Å²) in [6.45, 7) is 3.05. The Balaban J connectivity index is 1.41. The minimum Gasteiger partial charge on any atom is -0.481 e. The Labute approximate surface area is 163 Å². The molecule has 27 heavy (non-hydrogen) atoms. The highest BCUT2D eigenvalue weighted by Crippen LogP contribution is 2.44. The van der Waals surface area contributed by atoms with E-state index in [1.54, 1.807) is 16.2 Å². The molecule has 0 unspecified atom stereocenters. The molecule has 0 spiro atoms. The standard InChI is InChI=1S/C21H24N2O3S/c1-2-13-3-5-15(6-4-13)20-22-16(12-27-20)9-19(24)23-10-17(14-7-8-14)18(11-23)21(25)26/h3-6,12,14,17-18H,2,7-11H2,1H3,(H,25,26)/t17-,18+/m1/s1. The van der Waals surface area contributed by atoms with Gasteiger partial charge in [0.25, 0.3) is 0 Å². The van der Waals surface area contributed by atoms with Crippen LogP contribution in [-0.2, 0) is 22.4 Å². The van der Waals surface area contributed by atoms with Crippen LogP contribution in [0, 0.1) is 17.8 Å². The number of aryl methyl sites for hydroxylation is 1. The molecule has 4 rings (SSSR count). The summed E-state index contributed by atoms with van der Waals surface area (Å²) >= 11 is 1.55. The first-order chi connectivity index (χ1) is 13.0. The second kappa shape index (κ2) is 7.43. The number of carbonyl (C=O) groups excluding carboxylic acids is 1. The molecule has 1 saturated heterocycles.